The third-order valence-electron chi connectivity index (χ3n) is 7.54. The van der Waals surface area contributed by atoms with Crippen LogP contribution in [0.1, 0.15) is 51.3 Å². The first-order valence-corrected chi connectivity index (χ1v) is 15.3. The van der Waals surface area contributed by atoms with Gasteiger partial charge in [0, 0.05) is 39.4 Å². The van der Waals surface area contributed by atoms with Crippen molar-refractivity contribution in [3.05, 3.63) is 56.9 Å². The van der Waals surface area contributed by atoms with E-state index in [2.05, 4.69) is 24.9 Å². The van der Waals surface area contributed by atoms with Gasteiger partial charge in [0.1, 0.15) is 11.5 Å². The minimum atomic E-state index is -1.20. The van der Waals surface area contributed by atoms with Crippen molar-refractivity contribution in [3.63, 3.8) is 0 Å². The Labute approximate surface area is 277 Å². The molecule has 18 heteroatoms. The molecule has 2 fully saturated rings. The van der Waals surface area contributed by atoms with E-state index in [9.17, 15) is 23.4 Å². The van der Waals surface area contributed by atoms with Gasteiger partial charge in [-0.15, -0.1) is 0 Å². The lowest BCUT2D eigenvalue weighted by Gasteiger charge is -2.36. The average Bonchev–Trinajstić information content (AvgIpc) is 2.97. The first kappa shape index (κ1) is 36.0. The number of hydrogen-bond acceptors (Lipinski definition) is 11. The normalized spacial score (nSPS) is 18.1. The molecule has 0 amide bonds. The molecule has 0 radical (unpaired) electrons. The van der Waals surface area contributed by atoms with Crippen LogP contribution in [0.2, 0.25) is 15.7 Å². The number of halogens is 7. The second-order valence-electron chi connectivity index (χ2n) is 11.4. The molecule has 2 N–H and O–H groups in total. The van der Waals surface area contributed by atoms with Crippen LogP contribution in [-0.2, 0) is 4.74 Å². The summed E-state index contributed by atoms with van der Waals surface area (Å²) in [5, 5.41) is 19.3. The minimum absolute atomic E-state index is 0.0799. The molecule has 3 aromatic rings. The van der Waals surface area contributed by atoms with Crippen LogP contribution in [0.4, 0.5) is 29.2 Å². The van der Waals surface area contributed by atoms with Crippen LogP contribution in [0.15, 0.2) is 12.3 Å². The van der Waals surface area contributed by atoms with Crippen LogP contribution in [0.5, 0.6) is 5.88 Å². The van der Waals surface area contributed by atoms with E-state index in [0.717, 1.165) is 6.20 Å². The summed E-state index contributed by atoms with van der Waals surface area (Å²) in [6.07, 6.45) is 1.55. The van der Waals surface area contributed by atoms with Gasteiger partial charge in [-0.2, -0.15) is 23.7 Å². The fourth-order valence-electron chi connectivity index (χ4n) is 4.79. The van der Waals surface area contributed by atoms with E-state index in [0.29, 0.717) is 57.9 Å². The fraction of sp³-hybridized carbons (Fsp3) is 0.536. The zero-order valence-corrected chi connectivity index (χ0v) is 27.4. The summed E-state index contributed by atoms with van der Waals surface area (Å²) >= 11 is 17.2. The highest BCUT2D eigenvalue weighted by atomic mass is 35.5. The first-order valence-electron chi connectivity index (χ1n) is 14.1. The van der Waals surface area contributed by atoms with E-state index in [1.54, 1.807) is 23.6 Å². The fourth-order valence-corrected chi connectivity index (χ4v) is 5.32. The second kappa shape index (κ2) is 14.9. The molecule has 2 aliphatic heterocycles. The predicted octanol–water partition coefficient (Wildman–Crippen LogP) is 5.33. The second-order valence-corrected chi connectivity index (χ2v) is 12.4. The Morgan fingerprint density at radius 2 is 1.33 bits per heavy atom. The molecular formula is C28H32Cl3F4N7O4. The van der Waals surface area contributed by atoms with Gasteiger partial charge in [-0.05, 0) is 62.7 Å². The highest BCUT2D eigenvalue weighted by molar-refractivity contribution is 6.32. The number of methoxy groups -OCH3 is 1. The zero-order valence-electron chi connectivity index (χ0n) is 25.1. The Kier molecular flexibility index (Phi) is 11.7. The van der Waals surface area contributed by atoms with Crippen molar-refractivity contribution < 1.29 is 37.2 Å². The Morgan fingerprint density at radius 3 is 1.83 bits per heavy atom. The Hall–Kier alpha value is -2.82. The van der Waals surface area contributed by atoms with Gasteiger partial charge in [0.25, 0.3) is 5.88 Å². The molecule has 252 valence electrons. The van der Waals surface area contributed by atoms with Crippen molar-refractivity contribution in [2.24, 2.45) is 0 Å². The quantitative estimate of drug-likeness (QED) is 0.187. The summed E-state index contributed by atoms with van der Waals surface area (Å²) in [6.45, 7) is 5.00. The number of piperidine rings is 2. The first-order chi connectivity index (χ1) is 21.6. The minimum Gasteiger partial charge on any atom is -0.463 e. The molecule has 5 rings (SSSR count). The largest absolute Gasteiger partial charge is 0.463 e. The van der Waals surface area contributed by atoms with Gasteiger partial charge in [-0.1, -0.05) is 11.6 Å². The molecule has 2 saturated heterocycles. The number of hydrogen-bond donors (Lipinski definition) is 2. The van der Waals surface area contributed by atoms with E-state index in [4.69, 9.17) is 44.3 Å². The summed E-state index contributed by atoms with van der Waals surface area (Å²) in [4.78, 5) is 22.1. The van der Waals surface area contributed by atoms with Crippen LogP contribution in [-0.4, -0.2) is 86.2 Å². The molecule has 1 atom stereocenters. The monoisotopic (exact) mass is 711 g/mol. The number of aromatic nitrogens is 5. The molecule has 11 nitrogen and oxygen atoms in total. The SMILES string of the molecule is CC1(O)CCN(c2nc(Cl)nc(Cl)c2F)CC1.COCC(Oc1nc(Cl)nc(N2CCC(C)(O)CC2)c1F)c1ncc(F)cc1F. The standard InChI is InChI=1S/C18H20ClF3N4O3.C10H12Cl2FN3O/c1-18(27)3-5-26(6-4-18)15-13(22)16(25-17(19)24-15)29-12(9-28-2)14-11(21)7-10(20)8-23-14;1-10(17)2-4-16(5-3-10)8-6(13)7(11)14-9(12)15-8/h7-8,12,27H,3-6,9H2,1-2H3;17H,2-5H2,1H3. The Bertz CT molecular complexity index is 1520. The molecule has 46 heavy (non-hydrogen) atoms. The molecule has 2 aliphatic rings. The molecule has 0 spiro atoms. The maximum Gasteiger partial charge on any atom is 0.257 e. The van der Waals surface area contributed by atoms with Crippen LogP contribution in [0.3, 0.4) is 0 Å². The lowest BCUT2D eigenvalue weighted by molar-refractivity contribution is 0.0343. The highest BCUT2D eigenvalue weighted by Gasteiger charge is 2.32. The maximum atomic E-state index is 15.1. The summed E-state index contributed by atoms with van der Waals surface area (Å²) in [5.74, 6) is -3.88. The Morgan fingerprint density at radius 1 is 0.826 bits per heavy atom. The number of pyridine rings is 1. The average molecular weight is 713 g/mol. The predicted molar refractivity (Wildman–Crippen MR) is 163 cm³/mol. The van der Waals surface area contributed by atoms with Crippen LogP contribution in [0, 0.1) is 23.3 Å². The van der Waals surface area contributed by atoms with Gasteiger partial charge in [-0.25, -0.2) is 13.8 Å². The zero-order chi connectivity index (χ0) is 33.8. The maximum absolute atomic E-state index is 15.1. The smallest absolute Gasteiger partial charge is 0.257 e. The highest BCUT2D eigenvalue weighted by Crippen LogP contribution is 2.33. The molecule has 0 aromatic carbocycles. The van der Waals surface area contributed by atoms with Crippen LogP contribution < -0.4 is 14.5 Å². The van der Waals surface area contributed by atoms with Crippen molar-refractivity contribution in [2.45, 2.75) is 56.8 Å². The summed E-state index contributed by atoms with van der Waals surface area (Å²) in [6, 6.07) is 0.642. The summed E-state index contributed by atoms with van der Waals surface area (Å²) in [5.41, 5.74) is -1.80. The molecular weight excluding hydrogens is 681 g/mol. The van der Waals surface area contributed by atoms with Crippen molar-refractivity contribution >= 4 is 46.4 Å². The van der Waals surface area contributed by atoms with Gasteiger partial charge in [-0.3, -0.25) is 4.98 Å². The van der Waals surface area contributed by atoms with Crippen molar-refractivity contribution in [1.29, 1.82) is 0 Å². The molecule has 1 unspecified atom stereocenters. The lowest BCUT2D eigenvalue weighted by Crippen LogP contribution is -2.43. The summed E-state index contributed by atoms with van der Waals surface area (Å²) in [7, 11) is 1.34. The molecule has 5 heterocycles. The molecule has 3 aromatic heterocycles. The van der Waals surface area contributed by atoms with Gasteiger partial charge in [0.05, 0.1) is 24.0 Å². The number of nitrogens with zero attached hydrogens (tertiary/aromatic N) is 7. The summed E-state index contributed by atoms with van der Waals surface area (Å²) < 4.78 is 66.6. The van der Waals surface area contributed by atoms with Gasteiger partial charge < -0.3 is 29.5 Å². The molecule has 0 saturated carbocycles. The van der Waals surface area contributed by atoms with Crippen molar-refractivity contribution in [2.75, 3.05) is 49.7 Å². The van der Waals surface area contributed by atoms with E-state index in [1.165, 1.54) is 7.11 Å². The van der Waals surface area contributed by atoms with E-state index >= 15 is 4.39 Å². The molecule has 0 bridgehead atoms. The lowest BCUT2D eigenvalue weighted by atomic mass is 9.94. The number of rotatable bonds is 7. The van der Waals surface area contributed by atoms with Crippen molar-refractivity contribution in [1.82, 2.24) is 24.9 Å². The Balaban J connectivity index is 0.000000240. The number of ether oxygens (including phenoxy) is 2. The van der Waals surface area contributed by atoms with Gasteiger partial charge >= 0.3 is 0 Å². The van der Waals surface area contributed by atoms with E-state index in [1.807, 2.05) is 0 Å². The van der Waals surface area contributed by atoms with Gasteiger partial charge in [0.15, 0.2) is 28.7 Å². The van der Waals surface area contributed by atoms with E-state index in [-0.39, 0.29) is 39.7 Å². The van der Waals surface area contributed by atoms with E-state index < -0.39 is 46.5 Å². The third-order valence-corrected chi connectivity index (χ3v) is 8.12. The number of anilines is 2. The van der Waals surface area contributed by atoms with Gasteiger partial charge in [0.2, 0.25) is 22.2 Å². The third kappa shape index (κ3) is 9.16. The van der Waals surface area contributed by atoms with Crippen LogP contribution in [0.25, 0.3) is 0 Å². The molecule has 0 aliphatic carbocycles. The van der Waals surface area contributed by atoms with Crippen LogP contribution >= 0.6 is 34.8 Å². The topological polar surface area (TPSA) is 130 Å². The van der Waals surface area contributed by atoms with Crippen molar-refractivity contribution in [3.8, 4) is 5.88 Å². The number of aliphatic hydroxyl groups is 2.